The van der Waals surface area contributed by atoms with E-state index >= 15 is 0 Å². The van der Waals surface area contributed by atoms with E-state index in [1.165, 1.54) is 0 Å². The van der Waals surface area contributed by atoms with Crippen molar-refractivity contribution in [3.63, 3.8) is 0 Å². The molecule has 0 radical (unpaired) electrons. The molecule has 0 spiro atoms. The number of hydrogen-bond acceptors (Lipinski definition) is 2. The van der Waals surface area contributed by atoms with Crippen molar-refractivity contribution in [2.24, 2.45) is 0 Å². The Labute approximate surface area is 122 Å². The van der Waals surface area contributed by atoms with Gasteiger partial charge in [0.2, 0.25) is 5.91 Å². The number of halogens is 1. The molecular weight excluding hydrogens is 306 g/mol. The van der Waals surface area contributed by atoms with E-state index in [9.17, 15) is 4.79 Å². The van der Waals surface area contributed by atoms with Gasteiger partial charge in [-0.25, -0.2) is 0 Å². The van der Waals surface area contributed by atoms with Crippen LogP contribution >= 0.6 is 15.9 Å². The zero-order valence-corrected chi connectivity index (χ0v) is 13.0. The summed E-state index contributed by atoms with van der Waals surface area (Å²) in [7, 11) is 0. The lowest BCUT2D eigenvalue weighted by molar-refractivity contribution is -0.124. The minimum absolute atomic E-state index is 0.0650. The number of rotatable bonds is 5. The highest BCUT2D eigenvalue weighted by Gasteiger charge is 2.33. The number of para-hydroxylation sites is 1. The van der Waals surface area contributed by atoms with Gasteiger partial charge in [-0.1, -0.05) is 41.1 Å². The number of fused-ring (bicyclic) bond motifs is 1. The summed E-state index contributed by atoms with van der Waals surface area (Å²) < 4.78 is 5.57. The summed E-state index contributed by atoms with van der Waals surface area (Å²) in [5, 5.41) is 4.06. The lowest BCUT2D eigenvalue weighted by Gasteiger charge is -2.30. The van der Waals surface area contributed by atoms with E-state index in [-0.39, 0.29) is 17.4 Å². The van der Waals surface area contributed by atoms with E-state index in [1.807, 2.05) is 24.3 Å². The Hall–Kier alpha value is -1.03. The molecule has 2 rings (SSSR count). The van der Waals surface area contributed by atoms with Crippen LogP contribution in [0, 0.1) is 0 Å². The van der Waals surface area contributed by atoms with Crippen molar-refractivity contribution in [3.05, 3.63) is 29.8 Å². The van der Waals surface area contributed by atoms with Crippen LogP contribution in [0.25, 0.3) is 0 Å². The van der Waals surface area contributed by atoms with Crippen molar-refractivity contribution in [2.75, 3.05) is 11.9 Å². The van der Waals surface area contributed by atoms with E-state index < -0.39 is 0 Å². The van der Waals surface area contributed by atoms with Gasteiger partial charge in [-0.3, -0.25) is 4.79 Å². The Morgan fingerprint density at radius 3 is 2.95 bits per heavy atom. The molecule has 19 heavy (non-hydrogen) atoms. The standard InChI is InChI=1S/C15H20BrNO2/c1-3-15(2,8-9-16)17-14(18)12-10-19-13-7-5-4-6-11(12)13/h4-7,12H,3,8-10H2,1-2H3,(H,17,18). The van der Waals surface area contributed by atoms with Gasteiger partial charge in [-0.2, -0.15) is 0 Å². The molecule has 2 atom stereocenters. The minimum Gasteiger partial charge on any atom is -0.492 e. The summed E-state index contributed by atoms with van der Waals surface area (Å²) in [6.45, 7) is 4.63. The minimum atomic E-state index is -0.183. The molecule has 1 aromatic rings. The molecule has 0 aromatic heterocycles. The van der Waals surface area contributed by atoms with Crippen molar-refractivity contribution in [1.82, 2.24) is 5.32 Å². The predicted molar refractivity (Wildman–Crippen MR) is 79.9 cm³/mol. The smallest absolute Gasteiger partial charge is 0.231 e. The van der Waals surface area contributed by atoms with Crippen LogP contribution in [0.1, 0.15) is 38.2 Å². The summed E-state index contributed by atoms with van der Waals surface area (Å²) in [4.78, 5) is 12.5. The molecule has 0 fully saturated rings. The summed E-state index contributed by atoms with van der Waals surface area (Å²) >= 11 is 3.45. The molecule has 3 nitrogen and oxygen atoms in total. The number of nitrogens with one attached hydrogen (secondary N) is 1. The molecule has 0 saturated heterocycles. The number of carbonyl (C=O) groups is 1. The molecule has 4 heteroatoms. The largest absolute Gasteiger partial charge is 0.492 e. The number of ether oxygens (including phenoxy) is 1. The van der Waals surface area contributed by atoms with Gasteiger partial charge >= 0.3 is 0 Å². The Balaban J connectivity index is 2.10. The fourth-order valence-electron chi connectivity index (χ4n) is 2.30. The number of carbonyl (C=O) groups excluding carboxylic acids is 1. The molecule has 1 amide bonds. The quantitative estimate of drug-likeness (QED) is 0.844. The second-order valence-electron chi connectivity index (χ2n) is 5.24. The summed E-state index contributed by atoms with van der Waals surface area (Å²) in [6.07, 6.45) is 1.84. The molecule has 1 N–H and O–H groups in total. The third-order valence-corrected chi connectivity index (χ3v) is 4.26. The first kappa shape index (κ1) is 14.4. The maximum absolute atomic E-state index is 12.5. The van der Waals surface area contributed by atoms with Crippen molar-refractivity contribution < 1.29 is 9.53 Å². The lowest BCUT2D eigenvalue weighted by Crippen LogP contribution is -2.48. The molecular formula is C15H20BrNO2. The number of hydrogen-bond donors (Lipinski definition) is 1. The van der Waals surface area contributed by atoms with Gasteiger partial charge < -0.3 is 10.1 Å². The van der Waals surface area contributed by atoms with Crippen LogP contribution in [0.5, 0.6) is 5.75 Å². The fourth-order valence-corrected chi connectivity index (χ4v) is 3.18. The maximum atomic E-state index is 12.5. The lowest BCUT2D eigenvalue weighted by atomic mass is 9.93. The normalized spacial score (nSPS) is 20.3. The SMILES string of the molecule is CCC(C)(CCBr)NC(=O)C1COc2ccccc21. The number of benzene rings is 1. The van der Waals surface area contributed by atoms with Crippen molar-refractivity contribution >= 4 is 21.8 Å². The van der Waals surface area contributed by atoms with Crippen LogP contribution in [-0.4, -0.2) is 23.4 Å². The van der Waals surface area contributed by atoms with E-state index in [1.54, 1.807) is 0 Å². The van der Waals surface area contributed by atoms with Crippen molar-refractivity contribution in [1.29, 1.82) is 0 Å². The topological polar surface area (TPSA) is 38.3 Å². The average molecular weight is 326 g/mol. The van der Waals surface area contributed by atoms with Crippen LogP contribution < -0.4 is 10.1 Å². The summed E-state index contributed by atoms with van der Waals surface area (Å²) in [6, 6.07) is 7.77. The first-order valence-corrected chi connectivity index (χ1v) is 7.81. The molecule has 1 aromatic carbocycles. The van der Waals surface area contributed by atoms with Gasteiger partial charge in [0.05, 0.1) is 0 Å². The van der Waals surface area contributed by atoms with E-state index in [0.717, 1.165) is 29.5 Å². The maximum Gasteiger partial charge on any atom is 0.231 e. The molecule has 2 unspecified atom stereocenters. The monoisotopic (exact) mass is 325 g/mol. The second-order valence-corrected chi connectivity index (χ2v) is 6.04. The molecule has 1 heterocycles. The zero-order valence-electron chi connectivity index (χ0n) is 11.4. The number of amides is 1. The average Bonchev–Trinajstić information content (AvgIpc) is 2.83. The molecule has 0 saturated carbocycles. The first-order chi connectivity index (χ1) is 9.09. The highest BCUT2D eigenvalue weighted by molar-refractivity contribution is 9.09. The molecule has 1 aliphatic heterocycles. The third kappa shape index (κ3) is 3.11. The Bertz CT molecular complexity index is 463. The molecule has 1 aliphatic rings. The molecule has 0 bridgehead atoms. The van der Waals surface area contributed by atoms with Gasteiger partial charge in [0.25, 0.3) is 0 Å². The van der Waals surface area contributed by atoms with Crippen LogP contribution in [-0.2, 0) is 4.79 Å². The van der Waals surface area contributed by atoms with Gasteiger partial charge in [0.1, 0.15) is 18.3 Å². The summed E-state index contributed by atoms with van der Waals surface area (Å²) in [5.74, 6) is 0.717. The highest BCUT2D eigenvalue weighted by Crippen LogP contribution is 2.34. The van der Waals surface area contributed by atoms with Gasteiger partial charge in [0, 0.05) is 16.4 Å². The van der Waals surface area contributed by atoms with E-state index in [4.69, 9.17) is 4.74 Å². The van der Waals surface area contributed by atoms with Gasteiger partial charge in [-0.15, -0.1) is 0 Å². The second kappa shape index (κ2) is 5.95. The number of alkyl halides is 1. The Morgan fingerprint density at radius 1 is 1.53 bits per heavy atom. The van der Waals surface area contributed by atoms with Crippen LogP contribution in [0.4, 0.5) is 0 Å². The van der Waals surface area contributed by atoms with Crippen LogP contribution in [0.3, 0.4) is 0 Å². The van der Waals surface area contributed by atoms with Crippen LogP contribution in [0.15, 0.2) is 24.3 Å². The Kier molecular flexibility index (Phi) is 4.50. The zero-order chi connectivity index (χ0) is 13.9. The summed E-state index contributed by atoms with van der Waals surface area (Å²) in [5.41, 5.74) is 0.843. The highest BCUT2D eigenvalue weighted by atomic mass is 79.9. The van der Waals surface area contributed by atoms with Gasteiger partial charge in [-0.05, 0) is 25.8 Å². The molecule has 104 valence electrons. The van der Waals surface area contributed by atoms with Crippen LogP contribution in [0.2, 0.25) is 0 Å². The molecule has 0 aliphatic carbocycles. The first-order valence-electron chi connectivity index (χ1n) is 6.69. The van der Waals surface area contributed by atoms with E-state index in [0.29, 0.717) is 6.61 Å². The van der Waals surface area contributed by atoms with Gasteiger partial charge in [0.15, 0.2) is 0 Å². The fraction of sp³-hybridized carbons (Fsp3) is 0.533. The predicted octanol–water partition coefficient (Wildman–Crippen LogP) is 3.23. The van der Waals surface area contributed by atoms with Crippen molar-refractivity contribution in [2.45, 2.75) is 38.1 Å². The third-order valence-electron chi connectivity index (χ3n) is 3.87. The van der Waals surface area contributed by atoms with Crippen molar-refractivity contribution in [3.8, 4) is 5.75 Å². The van der Waals surface area contributed by atoms with E-state index in [2.05, 4.69) is 35.1 Å². The Morgan fingerprint density at radius 2 is 2.26 bits per heavy atom.